The van der Waals surface area contributed by atoms with Crippen molar-refractivity contribution in [3.8, 4) is 0 Å². The second-order valence-corrected chi connectivity index (χ2v) is 7.09. The fourth-order valence-corrected chi connectivity index (χ4v) is 3.57. The second-order valence-electron chi connectivity index (χ2n) is 6.02. The molecule has 124 valence electrons. The second kappa shape index (κ2) is 8.41. The third-order valence-electron chi connectivity index (χ3n) is 3.92. The van der Waals surface area contributed by atoms with Gasteiger partial charge in [0.05, 0.1) is 0 Å². The Morgan fingerprint density at radius 3 is 2.95 bits per heavy atom. The van der Waals surface area contributed by atoms with E-state index < -0.39 is 0 Å². The van der Waals surface area contributed by atoms with Gasteiger partial charge in [0.2, 0.25) is 5.89 Å². The number of rotatable bonds is 7. The summed E-state index contributed by atoms with van der Waals surface area (Å²) in [5.74, 6) is 1.66. The van der Waals surface area contributed by atoms with Crippen LogP contribution in [0.15, 0.2) is 4.52 Å². The minimum atomic E-state index is -0.0700. The minimum Gasteiger partial charge on any atom is -0.339 e. The molecule has 0 spiro atoms. The zero-order chi connectivity index (χ0) is 15.9. The van der Waals surface area contributed by atoms with Crippen LogP contribution in [0.5, 0.6) is 0 Å². The molecular formula is C15H26N4O2S. The summed E-state index contributed by atoms with van der Waals surface area (Å²) >= 11 is 1.84. The standard InChI is InChI=1S/C15H26N4O2S/c1-10(2)14-18-13(21-19-14)8-5-9-16-15(20)17-11-6-4-7-12(11)22-3/h10-12H,4-9H2,1-3H3,(H2,16,17,20). The predicted molar refractivity (Wildman–Crippen MR) is 88.2 cm³/mol. The number of carbonyl (C=O) groups excluding carboxylic acids is 1. The number of nitrogens with one attached hydrogen (secondary N) is 2. The first-order chi connectivity index (χ1) is 10.6. The number of amides is 2. The van der Waals surface area contributed by atoms with Gasteiger partial charge in [0.25, 0.3) is 0 Å². The number of urea groups is 1. The summed E-state index contributed by atoms with van der Waals surface area (Å²) in [6.07, 6.45) is 7.07. The molecule has 0 aliphatic heterocycles. The molecule has 2 atom stereocenters. The van der Waals surface area contributed by atoms with Crippen molar-refractivity contribution in [2.45, 2.75) is 63.2 Å². The van der Waals surface area contributed by atoms with Gasteiger partial charge >= 0.3 is 6.03 Å². The van der Waals surface area contributed by atoms with E-state index in [2.05, 4.69) is 27.0 Å². The summed E-state index contributed by atoms with van der Waals surface area (Å²) in [4.78, 5) is 16.2. The molecule has 1 saturated carbocycles. The van der Waals surface area contributed by atoms with Crippen molar-refractivity contribution in [2.75, 3.05) is 12.8 Å². The zero-order valence-electron chi connectivity index (χ0n) is 13.6. The first-order valence-electron chi connectivity index (χ1n) is 7.99. The molecule has 0 aromatic carbocycles. The summed E-state index contributed by atoms with van der Waals surface area (Å²) in [5, 5.41) is 10.5. The van der Waals surface area contributed by atoms with Crippen LogP contribution in [-0.2, 0) is 6.42 Å². The lowest BCUT2D eigenvalue weighted by Crippen LogP contribution is -2.44. The lowest BCUT2D eigenvalue weighted by atomic mass is 10.2. The van der Waals surface area contributed by atoms with Crippen LogP contribution in [0.4, 0.5) is 4.79 Å². The van der Waals surface area contributed by atoms with Crippen molar-refractivity contribution >= 4 is 17.8 Å². The summed E-state index contributed by atoms with van der Waals surface area (Å²) in [6.45, 7) is 4.68. The van der Waals surface area contributed by atoms with Gasteiger partial charge in [0, 0.05) is 30.2 Å². The molecule has 2 unspecified atom stereocenters. The van der Waals surface area contributed by atoms with Gasteiger partial charge in [0.1, 0.15) is 0 Å². The Morgan fingerprint density at radius 2 is 2.27 bits per heavy atom. The molecule has 0 radical (unpaired) electrons. The SMILES string of the molecule is CSC1CCCC1NC(=O)NCCCc1nc(C(C)C)no1. The molecule has 2 N–H and O–H groups in total. The maximum Gasteiger partial charge on any atom is 0.315 e. The van der Waals surface area contributed by atoms with Gasteiger partial charge < -0.3 is 15.2 Å². The first-order valence-corrected chi connectivity index (χ1v) is 9.28. The van der Waals surface area contributed by atoms with Crippen molar-refractivity contribution in [3.63, 3.8) is 0 Å². The normalized spacial score (nSPS) is 21.3. The Balaban J connectivity index is 1.62. The molecule has 1 aliphatic carbocycles. The van der Waals surface area contributed by atoms with Crippen molar-refractivity contribution in [3.05, 3.63) is 11.7 Å². The highest BCUT2D eigenvalue weighted by Gasteiger charge is 2.27. The minimum absolute atomic E-state index is 0.0700. The fourth-order valence-electron chi connectivity index (χ4n) is 2.64. The molecule has 0 saturated heterocycles. The molecule has 7 heteroatoms. The Kier molecular flexibility index (Phi) is 6.54. The largest absolute Gasteiger partial charge is 0.339 e. The Morgan fingerprint density at radius 1 is 1.45 bits per heavy atom. The van der Waals surface area contributed by atoms with E-state index in [1.54, 1.807) is 0 Å². The van der Waals surface area contributed by atoms with E-state index >= 15 is 0 Å². The molecule has 1 fully saturated rings. The van der Waals surface area contributed by atoms with Gasteiger partial charge in [-0.1, -0.05) is 25.4 Å². The van der Waals surface area contributed by atoms with Gasteiger partial charge in [-0.2, -0.15) is 16.7 Å². The highest BCUT2D eigenvalue weighted by molar-refractivity contribution is 7.99. The topological polar surface area (TPSA) is 80.0 Å². The third kappa shape index (κ3) is 4.90. The van der Waals surface area contributed by atoms with Gasteiger partial charge in [-0.05, 0) is 25.5 Å². The number of aromatic nitrogens is 2. The third-order valence-corrected chi connectivity index (χ3v) is 5.09. The number of thioether (sulfide) groups is 1. The van der Waals surface area contributed by atoms with E-state index in [1.165, 1.54) is 12.8 Å². The van der Waals surface area contributed by atoms with Crippen molar-refractivity contribution in [1.29, 1.82) is 0 Å². The molecule has 22 heavy (non-hydrogen) atoms. The molecule has 0 bridgehead atoms. The van der Waals surface area contributed by atoms with Crippen LogP contribution in [0.25, 0.3) is 0 Å². The van der Waals surface area contributed by atoms with Crippen molar-refractivity contribution < 1.29 is 9.32 Å². The average Bonchev–Trinajstić information content (AvgIpc) is 3.12. The van der Waals surface area contributed by atoms with E-state index in [0.717, 1.165) is 18.7 Å². The first kappa shape index (κ1) is 17.1. The molecule has 1 aromatic rings. The molecule has 2 amide bonds. The zero-order valence-corrected chi connectivity index (χ0v) is 14.4. The van der Waals surface area contributed by atoms with Crippen molar-refractivity contribution in [1.82, 2.24) is 20.8 Å². The lowest BCUT2D eigenvalue weighted by molar-refractivity contribution is 0.237. The van der Waals surface area contributed by atoms with Crippen LogP contribution in [-0.4, -0.2) is 40.3 Å². The highest BCUT2D eigenvalue weighted by Crippen LogP contribution is 2.28. The van der Waals surface area contributed by atoms with Crippen molar-refractivity contribution in [2.24, 2.45) is 0 Å². The van der Waals surface area contributed by atoms with Crippen LogP contribution in [0, 0.1) is 0 Å². The number of nitrogens with zero attached hydrogens (tertiary/aromatic N) is 2. The number of carbonyl (C=O) groups is 1. The maximum absolute atomic E-state index is 11.9. The van der Waals surface area contributed by atoms with Crippen LogP contribution < -0.4 is 10.6 Å². The predicted octanol–water partition coefficient (Wildman–Crippen LogP) is 2.71. The summed E-state index contributed by atoms with van der Waals surface area (Å²) in [5.41, 5.74) is 0. The van der Waals surface area contributed by atoms with Crippen LogP contribution in [0.3, 0.4) is 0 Å². The van der Waals surface area contributed by atoms with Gasteiger partial charge in [-0.3, -0.25) is 0 Å². The fraction of sp³-hybridized carbons (Fsp3) is 0.800. The van der Waals surface area contributed by atoms with E-state index in [9.17, 15) is 4.79 Å². The molecular weight excluding hydrogens is 300 g/mol. The molecule has 2 rings (SSSR count). The molecule has 6 nitrogen and oxygen atoms in total. The van der Waals surface area contributed by atoms with Crippen LogP contribution >= 0.6 is 11.8 Å². The molecule has 1 aromatic heterocycles. The number of aryl methyl sites for hydroxylation is 1. The van der Waals surface area contributed by atoms with E-state index in [4.69, 9.17) is 4.52 Å². The Labute approximate surface area is 136 Å². The molecule has 1 heterocycles. The molecule has 1 aliphatic rings. The number of hydrogen-bond donors (Lipinski definition) is 2. The Hall–Kier alpha value is -1.24. The Bertz CT molecular complexity index is 478. The van der Waals surface area contributed by atoms with Crippen LogP contribution in [0.1, 0.15) is 57.2 Å². The van der Waals surface area contributed by atoms with E-state index in [0.29, 0.717) is 30.1 Å². The maximum atomic E-state index is 11.9. The summed E-state index contributed by atoms with van der Waals surface area (Å²) in [6, 6.07) is 0.235. The summed E-state index contributed by atoms with van der Waals surface area (Å²) < 4.78 is 5.18. The number of hydrogen-bond acceptors (Lipinski definition) is 5. The quantitative estimate of drug-likeness (QED) is 0.753. The van der Waals surface area contributed by atoms with Gasteiger partial charge in [-0.25, -0.2) is 4.79 Å². The average molecular weight is 326 g/mol. The lowest BCUT2D eigenvalue weighted by Gasteiger charge is -2.19. The van der Waals surface area contributed by atoms with Gasteiger partial charge in [0.15, 0.2) is 5.82 Å². The van der Waals surface area contributed by atoms with E-state index in [-0.39, 0.29) is 11.9 Å². The smallest absolute Gasteiger partial charge is 0.315 e. The van der Waals surface area contributed by atoms with Gasteiger partial charge in [-0.15, -0.1) is 0 Å². The van der Waals surface area contributed by atoms with E-state index in [1.807, 2.05) is 25.6 Å². The van der Waals surface area contributed by atoms with Crippen LogP contribution in [0.2, 0.25) is 0 Å². The highest BCUT2D eigenvalue weighted by atomic mass is 32.2. The monoisotopic (exact) mass is 326 g/mol. The summed E-state index contributed by atoms with van der Waals surface area (Å²) in [7, 11) is 0.